The SMILES string of the molecule is CCCN(CCO)C(=O)CCOc1cccc(Br)c1. The van der Waals surface area contributed by atoms with Gasteiger partial charge in [-0.1, -0.05) is 28.9 Å². The Morgan fingerprint density at radius 3 is 2.84 bits per heavy atom. The number of aliphatic hydroxyl groups is 1. The zero-order valence-corrected chi connectivity index (χ0v) is 12.7. The average Bonchev–Trinajstić information content (AvgIpc) is 2.38. The second-order valence-electron chi connectivity index (χ2n) is 4.16. The maximum Gasteiger partial charge on any atom is 0.226 e. The normalized spacial score (nSPS) is 10.3. The topological polar surface area (TPSA) is 49.8 Å². The van der Waals surface area contributed by atoms with Gasteiger partial charge in [0.15, 0.2) is 0 Å². The molecule has 0 aliphatic rings. The van der Waals surface area contributed by atoms with E-state index in [-0.39, 0.29) is 12.5 Å². The molecule has 0 aromatic heterocycles. The van der Waals surface area contributed by atoms with Crippen LogP contribution in [0, 0.1) is 0 Å². The van der Waals surface area contributed by atoms with Crippen molar-refractivity contribution in [1.82, 2.24) is 4.90 Å². The maximum atomic E-state index is 11.9. The van der Waals surface area contributed by atoms with Crippen LogP contribution in [0.1, 0.15) is 19.8 Å². The molecule has 0 saturated heterocycles. The minimum Gasteiger partial charge on any atom is -0.493 e. The summed E-state index contributed by atoms with van der Waals surface area (Å²) in [6.07, 6.45) is 1.21. The van der Waals surface area contributed by atoms with Crippen LogP contribution in [0.15, 0.2) is 28.7 Å². The summed E-state index contributed by atoms with van der Waals surface area (Å²) < 4.78 is 6.47. The molecule has 0 radical (unpaired) electrons. The van der Waals surface area contributed by atoms with Gasteiger partial charge in [-0.25, -0.2) is 0 Å². The summed E-state index contributed by atoms with van der Waals surface area (Å²) in [5.74, 6) is 0.761. The van der Waals surface area contributed by atoms with Crippen LogP contribution in [0.3, 0.4) is 0 Å². The van der Waals surface area contributed by atoms with Gasteiger partial charge in [0, 0.05) is 17.6 Å². The van der Waals surface area contributed by atoms with E-state index in [2.05, 4.69) is 15.9 Å². The molecule has 1 amide bonds. The number of halogens is 1. The molecule has 0 bridgehead atoms. The van der Waals surface area contributed by atoms with Gasteiger partial charge in [0.05, 0.1) is 19.6 Å². The highest BCUT2D eigenvalue weighted by atomic mass is 79.9. The van der Waals surface area contributed by atoms with E-state index in [4.69, 9.17) is 9.84 Å². The van der Waals surface area contributed by atoms with Crippen LogP contribution in [0.25, 0.3) is 0 Å². The first-order chi connectivity index (χ1) is 9.17. The Hall–Kier alpha value is -1.07. The molecule has 4 nitrogen and oxygen atoms in total. The molecule has 19 heavy (non-hydrogen) atoms. The molecule has 5 heteroatoms. The standard InChI is InChI=1S/C14H20BrNO3/c1-2-7-16(8-9-17)14(18)6-10-19-13-5-3-4-12(15)11-13/h3-5,11,17H,2,6-10H2,1H3. The molecule has 1 aromatic carbocycles. The Bertz CT molecular complexity index is 392. The molecule has 0 unspecified atom stereocenters. The molecule has 0 saturated carbocycles. The molecule has 1 N–H and O–H groups in total. The largest absolute Gasteiger partial charge is 0.493 e. The van der Waals surface area contributed by atoms with E-state index in [1.165, 1.54) is 0 Å². The van der Waals surface area contributed by atoms with Crippen LogP contribution >= 0.6 is 15.9 Å². The highest BCUT2D eigenvalue weighted by molar-refractivity contribution is 9.10. The van der Waals surface area contributed by atoms with Crippen molar-refractivity contribution in [1.29, 1.82) is 0 Å². The predicted molar refractivity (Wildman–Crippen MR) is 78.2 cm³/mol. The Morgan fingerprint density at radius 1 is 1.42 bits per heavy atom. The van der Waals surface area contributed by atoms with Crippen LogP contribution in [0.2, 0.25) is 0 Å². The van der Waals surface area contributed by atoms with Crippen LogP contribution in [-0.4, -0.2) is 42.2 Å². The molecule has 0 atom stereocenters. The first-order valence-electron chi connectivity index (χ1n) is 6.44. The number of benzene rings is 1. The average molecular weight is 330 g/mol. The fourth-order valence-electron chi connectivity index (χ4n) is 1.72. The molecule has 0 aliphatic carbocycles. The molecule has 0 fully saturated rings. The van der Waals surface area contributed by atoms with Gasteiger partial charge in [0.2, 0.25) is 5.91 Å². The van der Waals surface area contributed by atoms with E-state index in [1.54, 1.807) is 4.90 Å². The lowest BCUT2D eigenvalue weighted by Crippen LogP contribution is -2.35. The van der Waals surface area contributed by atoms with Crippen molar-refractivity contribution in [2.24, 2.45) is 0 Å². The molecular formula is C14H20BrNO3. The predicted octanol–water partition coefficient (Wildman–Crippen LogP) is 2.45. The smallest absolute Gasteiger partial charge is 0.226 e. The summed E-state index contributed by atoms with van der Waals surface area (Å²) in [7, 11) is 0. The number of rotatable bonds is 8. The molecule has 106 valence electrons. The Labute approximate surface area is 122 Å². The van der Waals surface area contributed by atoms with Crippen molar-refractivity contribution < 1.29 is 14.6 Å². The minimum absolute atomic E-state index is 0.00176. The summed E-state index contributed by atoms with van der Waals surface area (Å²) in [6.45, 7) is 3.43. The molecule has 1 aromatic rings. The number of hydrogen-bond acceptors (Lipinski definition) is 3. The first-order valence-corrected chi connectivity index (χ1v) is 7.23. The fourth-order valence-corrected chi connectivity index (χ4v) is 2.10. The quantitative estimate of drug-likeness (QED) is 0.797. The molecule has 0 aliphatic heterocycles. The van der Waals surface area contributed by atoms with E-state index in [9.17, 15) is 4.79 Å². The zero-order chi connectivity index (χ0) is 14.1. The van der Waals surface area contributed by atoms with Crippen LogP contribution in [0.4, 0.5) is 0 Å². The van der Waals surface area contributed by atoms with Gasteiger partial charge in [-0.3, -0.25) is 4.79 Å². The number of nitrogens with zero attached hydrogens (tertiary/aromatic N) is 1. The van der Waals surface area contributed by atoms with E-state index < -0.39 is 0 Å². The van der Waals surface area contributed by atoms with Gasteiger partial charge in [-0.2, -0.15) is 0 Å². The fraction of sp³-hybridized carbons (Fsp3) is 0.500. The van der Waals surface area contributed by atoms with Gasteiger partial charge >= 0.3 is 0 Å². The molecule has 0 heterocycles. The number of carbonyl (C=O) groups excluding carboxylic acids is 1. The van der Waals surface area contributed by atoms with Crippen molar-refractivity contribution in [3.8, 4) is 5.75 Å². The van der Waals surface area contributed by atoms with Crippen LogP contribution in [-0.2, 0) is 4.79 Å². The van der Waals surface area contributed by atoms with Crippen molar-refractivity contribution in [3.05, 3.63) is 28.7 Å². The van der Waals surface area contributed by atoms with Crippen molar-refractivity contribution in [3.63, 3.8) is 0 Å². The lowest BCUT2D eigenvalue weighted by Gasteiger charge is -2.21. The second kappa shape index (κ2) is 8.93. The van der Waals surface area contributed by atoms with E-state index in [0.29, 0.717) is 26.1 Å². The molecule has 1 rings (SSSR count). The van der Waals surface area contributed by atoms with Gasteiger partial charge in [-0.15, -0.1) is 0 Å². The van der Waals surface area contributed by atoms with E-state index >= 15 is 0 Å². The first kappa shape index (κ1) is 16.0. The summed E-state index contributed by atoms with van der Waals surface area (Å²) in [4.78, 5) is 13.6. The number of aliphatic hydroxyl groups excluding tert-OH is 1. The van der Waals surface area contributed by atoms with Crippen molar-refractivity contribution >= 4 is 21.8 Å². The third-order valence-corrected chi connectivity index (χ3v) is 3.09. The van der Waals surface area contributed by atoms with Gasteiger partial charge in [0.25, 0.3) is 0 Å². The summed E-state index contributed by atoms with van der Waals surface area (Å²) >= 11 is 3.36. The number of carbonyl (C=O) groups is 1. The van der Waals surface area contributed by atoms with Crippen LogP contribution < -0.4 is 4.74 Å². The zero-order valence-electron chi connectivity index (χ0n) is 11.1. The molecule has 0 spiro atoms. The Balaban J connectivity index is 2.36. The van der Waals surface area contributed by atoms with Gasteiger partial charge in [0.1, 0.15) is 5.75 Å². The van der Waals surface area contributed by atoms with Crippen molar-refractivity contribution in [2.45, 2.75) is 19.8 Å². The van der Waals surface area contributed by atoms with Gasteiger partial charge < -0.3 is 14.7 Å². The lowest BCUT2D eigenvalue weighted by atomic mass is 10.3. The number of ether oxygens (including phenoxy) is 1. The van der Waals surface area contributed by atoms with Gasteiger partial charge in [-0.05, 0) is 24.6 Å². The Morgan fingerprint density at radius 2 is 2.21 bits per heavy atom. The van der Waals surface area contributed by atoms with E-state index in [1.807, 2.05) is 31.2 Å². The van der Waals surface area contributed by atoms with Crippen LogP contribution in [0.5, 0.6) is 5.75 Å². The minimum atomic E-state index is -0.00176. The molecular weight excluding hydrogens is 310 g/mol. The maximum absolute atomic E-state index is 11.9. The third kappa shape index (κ3) is 6.07. The number of amides is 1. The monoisotopic (exact) mass is 329 g/mol. The highest BCUT2D eigenvalue weighted by Gasteiger charge is 2.11. The van der Waals surface area contributed by atoms with Crippen molar-refractivity contribution in [2.75, 3.05) is 26.3 Å². The van der Waals surface area contributed by atoms with E-state index in [0.717, 1.165) is 16.6 Å². The summed E-state index contributed by atoms with van der Waals surface area (Å²) in [5.41, 5.74) is 0. The Kier molecular flexibility index (Phi) is 7.52. The third-order valence-electron chi connectivity index (χ3n) is 2.60. The lowest BCUT2D eigenvalue weighted by molar-refractivity contribution is -0.132. The summed E-state index contributed by atoms with van der Waals surface area (Å²) in [6, 6.07) is 7.52. The summed E-state index contributed by atoms with van der Waals surface area (Å²) in [5, 5.41) is 8.92. The highest BCUT2D eigenvalue weighted by Crippen LogP contribution is 2.17. The second-order valence-corrected chi connectivity index (χ2v) is 5.08. The number of hydrogen-bond donors (Lipinski definition) is 1.